The third-order valence-corrected chi connectivity index (χ3v) is 6.79. The molecule has 0 N–H and O–H groups in total. The van der Waals surface area contributed by atoms with Gasteiger partial charge in [-0.3, -0.25) is 9.59 Å². The van der Waals surface area contributed by atoms with Crippen LogP contribution in [0.5, 0.6) is 0 Å². The van der Waals surface area contributed by atoms with Gasteiger partial charge in [-0.2, -0.15) is 0 Å². The summed E-state index contributed by atoms with van der Waals surface area (Å²) in [6.07, 6.45) is 9.10. The smallest absolute Gasteiger partial charge is 0.226 e. The van der Waals surface area contributed by atoms with Gasteiger partial charge in [0.05, 0.1) is 0 Å². The third kappa shape index (κ3) is 4.38. The zero-order chi connectivity index (χ0) is 18.0. The molecule has 4 nitrogen and oxygen atoms in total. The highest BCUT2D eigenvalue weighted by Gasteiger charge is 2.36. The van der Waals surface area contributed by atoms with Crippen LogP contribution in [0.1, 0.15) is 72.1 Å². The quantitative estimate of drug-likeness (QED) is 0.763. The first-order valence-electron chi connectivity index (χ1n) is 10.5. The van der Waals surface area contributed by atoms with Crippen LogP contribution in [-0.2, 0) is 9.59 Å². The molecular weight excluding hydrogens is 312 g/mol. The van der Waals surface area contributed by atoms with Gasteiger partial charge in [-0.25, -0.2) is 0 Å². The fourth-order valence-corrected chi connectivity index (χ4v) is 5.29. The van der Waals surface area contributed by atoms with Crippen LogP contribution in [-0.4, -0.2) is 47.3 Å². The molecule has 1 heterocycles. The molecule has 4 unspecified atom stereocenters. The van der Waals surface area contributed by atoms with Crippen molar-refractivity contribution in [3.05, 3.63) is 0 Å². The van der Waals surface area contributed by atoms with Gasteiger partial charge in [0.15, 0.2) is 0 Å². The van der Waals surface area contributed by atoms with E-state index in [9.17, 15) is 9.59 Å². The zero-order valence-corrected chi connectivity index (χ0v) is 16.4. The maximum Gasteiger partial charge on any atom is 0.226 e. The molecule has 5 atom stereocenters. The van der Waals surface area contributed by atoms with Crippen LogP contribution in [0.15, 0.2) is 0 Å². The standard InChI is InChI=1S/C21H36N2O2/c1-15-6-4-8-18(12-15)20(24)22-10-11-23(17(3)14-22)21(25)19-9-5-7-16(2)13-19/h15-19H,4-14H2,1-3H3/t15?,16?,17-,18?,19?/m0/s1. The summed E-state index contributed by atoms with van der Waals surface area (Å²) in [5, 5.41) is 0. The number of carbonyl (C=O) groups is 2. The van der Waals surface area contributed by atoms with Crippen molar-refractivity contribution in [2.45, 2.75) is 78.2 Å². The summed E-state index contributed by atoms with van der Waals surface area (Å²) in [7, 11) is 0. The molecule has 25 heavy (non-hydrogen) atoms. The predicted molar refractivity (Wildman–Crippen MR) is 100.0 cm³/mol. The average Bonchev–Trinajstić information content (AvgIpc) is 2.60. The minimum Gasteiger partial charge on any atom is -0.339 e. The SMILES string of the molecule is CC1CCCC(C(=O)N2CCN(C(=O)C3CCCC(C)C3)[C@@H](C)C2)C1. The highest BCUT2D eigenvalue weighted by molar-refractivity contribution is 5.81. The minimum atomic E-state index is 0.156. The van der Waals surface area contributed by atoms with E-state index in [-0.39, 0.29) is 17.9 Å². The van der Waals surface area contributed by atoms with Crippen LogP contribution < -0.4 is 0 Å². The van der Waals surface area contributed by atoms with Gasteiger partial charge in [-0.05, 0) is 44.4 Å². The van der Waals surface area contributed by atoms with Crippen molar-refractivity contribution >= 4 is 11.8 Å². The maximum atomic E-state index is 13.0. The predicted octanol–water partition coefficient (Wildman–Crippen LogP) is 3.70. The Bertz CT molecular complexity index is 492. The van der Waals surface area contributed by atoms with E-state index in [1.165, 1.54) is 25.7 Å². The number of carbonyl (C=O) groups excluding carboxylic acids is 2. The summed E-state index contributed by atoms with van der Waals surface area (Å²) in [5.41, 5.74) is 0. The second kappa shape index (κ2) is 8.09. The van der Waals surface area contributed by atoms with E-state index in [0.717, 1.165) is 45.3 Å². The van der Waals surface area contributed by atoms with E-state index < -0.39 is 0 Å². The summed E-state index contributed by atoms with van der Waals surface area (Å²) in [4.78, 5) is 29.9. The van der Waals surface area contributed by atoms with Crippen molar-refractivity contribution < 1.29 is 9.59 Å². The zero-order valence-electron chi connectivity index (χ0n) is 16.4. The fourth-order valence-electron chi connectivity index (χ4n) is 5.29. The summed E-state index contributed by atoms with van der Waals surface area (Å²) in [6.45, 7) is 8.82. The van der Waals surface area contributed by atoms with E-state index in [1.54, 1.807) is 0 Å². The molecule has 2 saturated carbocycles. The van der Waals surface area contributed by atoms with Crippen molar-refractivity contribution in [1.82, 2.24) is 9.80 Å². The Kier molecular flexibility index (Phi) is 6.06. The summed E-state index contributed by atoms with van der Waals surface area (Å²) >= 11 is 0. The molecule has 1 saturated heterocycles. The van der Waals surface area contributed by atoms with Crippen molar-refractivity contribution in [2.75, 3.05) is 19.6 Å². The van der Waals surface area contributed by atoms with Crippen LogP contribution in [0, 0.1) is 23.7 Å². The molecule has 2 amide bonds. The lowest BCUT2D eigenvalue weighted by molar-refractivity contribution is -0.148. The molecule has 142 valence electrons. The van der Waals surface area contributed by atoms with Gasteiger partial charge in [-0.1, -0.05) is 39.5 Å². The molecule has 3 fully saturated rings. The Balaban J connectivity index is 1.55. The largest absolute Gasteiger partial charge is 0.339 e. The van der Waals surface area contributed by atoms with Crippen molar-refractivity contribution in [1.29, 1.82) is 0 Å². The molecular formula is C21H36N2O2. The summed E-state index contributed by atoms with van der Waals surface area (Å²) in [5.74, 6) is 2.48. The highest BCUT2D eigenvalue weighted by Crippen LogP contribution is 2.32. The molecule has 0 spiro atoms. The Morgan fingerprint density at radius 3 is 1.84 bits per heavy atom. The van der Waals surface area contributed by atoms with Gasteiger partial charge in [0, 0.05) is 37.5 Å². The number of nitrogens with zero attached hydrogens (tertiary/aromatic N) is 2. The number of hydrogen-bond acceptors (Lipinski definition) is 2. The van der Waals surface area contributed by atoms with E-state index >= 15 is 0 Å². The Morgan fingerprint density at radius 2 is 1.32 bits per heavy atom. The number of amides is 2. The van der Waals surface area contributed by atoms with E-state index in [2.05, 4.69) is 25.7 Å². The molecule has 4 heteroatoms. The average molecular weight is 349 g/mol. The molecule has 0 radical (unpaired) electrons. The molecule has 1 aliphatic heterocycles. The number of hydrogen-bond donors (Lipinski definition) is 0. The molecule has 0 aromatic rings. The van der Waals surface area contributed by atoms with Crippen molar-refractivity contribution in [3.63, 3.8) is 0 Å². The summed E-state index contributed by atoms with van der Waals surface area (Å²) in [6, 6.07) is 0.156. The second-order valence-corrected chi connectivity index (χ2v) is 9.10. The Morgan fingerprint density at radius 1 is 0.760 bits per heavy atom. The van der Waals surface area contributed by atoms with Gasteiger partial charge >= 0.3 is 0 Å². The molecule has 3 aliphatic rings. The molecule has 0 bridgehead atoms. The Labute approximate surface area is 153 Å². The fraction of sp³-hybridized carbons (Fsp3) is 0.905. The molecule has 2 aliphatic carbocycles. The van der Waals surface area contributed by atoms with Gasteiger partial charge in [0.25, 0.3) is 0 Å². The maximum absolute atomic E-state index is 13.0. The first kappa shape index (κ1) is 18.7. The van der Waals surface area contributed by atoms with E-state index in [0.29, 0.717) is 23.7 Å². The van der Waals surface area contributed by atoms with E-state index in [4.69, 9.17) is 0 Å². The second-order valence-electron chi connectivity index (χ2n) is 9.10. The topological polar surface area (TPSA) is 40.6 Å². The van der Waals surface area contributed by atoms with Gasteiger partial charge in [-0.15, -0.1) is 0 Å². The van der Waals surface area contributed by atoms with Gasteiger partial charge < -0.3 is 9.80 Å². The van der Waals surface area contributed by atoms with Crippen molar-refractivity contribution in [3.8, 4) is 0 Å². The van der Waals surface area contributed by atoms with Crippen LogP contribution in [0.4, 0.5) is 0 Å². The Hall–Kier alpha value is -1.06. The normalized spacial score (nSPS) is 37.0. The number of rotatable bonds is 2. The van der Waals surface area contributed by atoms with Crippen LogP contribution in [0.25, 0.3) is 0 Å². The lowest BCUT2D eigenvalue weighted by Crippen LogP contribution is -2.57. The highest BCUT2D eigenvalue weighted by atomic mass is 16.2. The minimum absolute atomic E-state index is 0.156. The molecule has 3 rings (SSSR count). The lowest BCUT2D eigenvalue weighted by Gasteiger charge is -2.43. The monoisotopic (exact) mass is 348 g/mol. The van der Waals surface area contributed by atoms with Crippen LogP contribution in [0.3, 0.4) is 0 Å². The van der Waals surface area contributed by atoms with E-state index in [1.807, 2.05) is 4.90 Å². The van der Waals surface area contributed by atoms with Crippen LogP contribution in [0.2, 0.25) is 0 Å². The van der Waals surface area contributed by atoms with Gasteiger partial charge in [0.2, 0.25) is 11.8 Å². The lowest BCUT2D eigenvalue weighted by atomic mass is 9.81. The molecule has 0 aromatic heterocycles. The summed E-state index contributed by atoms with van der Waals surface area (Å²) < 4.78 is 0. The third-order valence-electron chi connectivity index (χ3n) is 6.79. The van der Waals surface area contributed by atoms with Crippen molar-refractivity contribution in [2.24, 2.45) is 23.7 Å². The first-order chi connectivity index (χ1) is 12.0. The van der Waals surface area contributed by atoms with Crippen LogP contribution >= 0.6 is 0 Å². The number of piperazine rings is 1. The van der Waals surface area contributed by atoms with Gasteiger partial charge in [0.1, 0.15) is 0 Å². The first-order valence-corrected chi connectivity index (χ1v) is 10.5. The molecule has 0 aromatic carbocycles.